The van der Waals surface area contributed by atoms with Crippen molar-refractivity contribution in [3.8, 4) is 0 Å². The molecular weight excluding hydrogens is 372 g/mol. The van der Waals surface area contributed by atoms with Gasteiger partial charge >= 0.3 is 5.97 Å². The van der Waals surface area contributed by atoms with Gasteiger partial charge < -0.3 is 4.74 Å². The summed E-state index contributed by atoms with van der Waals surface area (Å²) in [6.07, 6.45) is 0.264. The molecule has 0 aliphatic rings. The van der Waals surface area contributed by atoms with Gasteiger partial charge in [0.2, 0.25) is 5.78 Å². The monoisotopic (exact) mass is 389 g/mol. The fourth-order valence-electron chi connectivity index (χ4n) is 2.60. The molecule has 3 aromatic rings. The fourth-order valence-corrected chi connectivity index (χ4v) is 3.61. The number of rotatable bonds is 7. The molecule has 1 heterocycles. The number of aryl methyl sites for hydroxylation is 1. The van der Waals surface area contributed by atoms with E-state index in [1.54, 1.807) is 11.3 Å². The van der Waals surface area contributed by atoms with Crippen LogP contribution >= 0.6 is 11.3 Å². The minimum Gasteiger partial charge on any atom is -0.454 e. The third kappa shape index (κ3) is 4.74. The lowest BCUT2D eigenvalue weighted by molar-refractivity contribution is -0.146. The molecule has 0 fully saturated rings. The van der Waals surface area contributed by atoms with E-state index in [-0.39, 0.29) is 12.0 Å². The second kappa shape index (κ2) is 8.35. The third-order valence-electron chi connectivity index (χ3n) is 3.99. The molecule has 0 spiro atoms. The van der Waals surface area contributed by atoms with Crippen molar-refractivity contribution in [2.45, 2.75) is 32.3 Å². The molecule has 0 radical (unpaired) electrons. The van der Waals surface area contributed by atoms with Crippen molar-refractivity contribution < 1.29 is 23.1 Å². The summed E-state index contributed by atoms with van der Waals surface area (Å²) in [5.74, 6) is -3.24. The van der Waals surface area contributed by atoms with Crippen LogP contribution in [0.2, 0.25) is 0 Å². The summed E-state index contributed by atoms with van der Waals surface area (Å²) in [5, 5.41) is 0.940. The Morgan fingerprint density at radius 1 is 1.15 bits per heavy atom. The van der Waals surface area contributed by atoms with Crippen LogP contribution in [0.1, 0.15) is 35.1 Å². The average molecular weight is 389 g/mol. The van der Waals surface area contributed by atoms with Crippen molar-refractivity contribution in [2.75, 3.05) is 0 Å². The normalized spacial score (nSPS) is 12.1. The standard InChI is InChI=1S/C20H17F2NO3S/c1-12(20(25)13-9-10-14(21)15(22)11-13)26-19(24)8-4-7-18-23-16-5-2-3-6-17(16)27-18/h2-3,5-6,9-12H,4,7-8H2,1H3/t12-/m0/s1. The Morgan fingerprint density at radius 3 is 2.67 bits per heavy atom. The van der Waals surface area contributed by atoms with Gasteiger partial charge in [0.05, 0.1) is 15.2 Å². The molecule has 0 aliphatic carbocycles. The van der Waals surface area contributed by atoms with Gasteiger partial charge in [0.1, 0.15) is 0 Å². The Bertz CT molecular complexity index is 953. The van der Waals surface area contributed by atoms with Crippen LogP contribution in [-0.4, -0.2) is 22.8 Å². The minimum atomic E-state index is -1.12. The van der Waals surface area contributed by atoms with Gasteiger partial charge in [-0.2, -0.15) is 0 Å². The first-order chi connectivity index (χ1) is 12.9. The molecule has 0 saturated heterocycles. The maximum absolute atomic E-state index is 13.2. The summed E-state index contributed by atoms with van der Waals surface area (Å²) in [6, 6.07) is 10.6. The first-order valence-electron chi connectivity index (χ1n) is 8.47. The van der Waals surface area contributed by atoms with Crippen molar-refractivity contribution in [1.82, 2.24) is 4.98 Å². The molecular formula is C20H17F2NO3S. The lowest BCUT2D eigenvalue weighted by Crippen LogP contribution is -2.24. The Hall–Kier alpha value is -2.67. The molecule has 0 N–H and O–H groups in total. The van der Waals surface area contributed by atoms with Gasteiger partial charge in [-0.15, -0.1) is 11.3 Å². The average Bonchev–Trinajstić information content (AvgIpc) is 3.06. The van der Waals surface area contributed by atoms with Crippen LogP contribution in [0.15, 0.2) is 42.5 Å². The molecule has 0 amide bonds. The summed E-state index contributed by atoms with van der Waals surface area (Å²) in [7, 11) is 0. The van der Waals surface area contributed by atoms with Crippen LogP contribution in [0.4, 0.5) is 8.78 Å². The maximum Gasteiger partial charge on any atom is 0.306 e. The topological polar surface area (TPSA) is 56.3 Å². The summed E-state index contributed by atoms with van der Waals surface area (Å²) in [4.78, 5) is 28.6. The number of ketones is 1. The predicted octanol–water partition coefficient (Wildman–Crippen LogP) is 4.71. The van der Waals surface area contributed by atoms with Gasteiger partial charge in [0.15, 0.2) is 17.7 Å². The Morgan fingerprint density at radius 2 is 1.93 bits per heavy atom. The number of halogens is 2. The van der Waals surface area contributed by atoms with Crippen LogP contribution in [0.3, 0.4) is 0 Å². The molecule has 2 aromatic carbocycles. The molecule has 1 aromatic heterocycles. The van der Waals surface area contributed by atoms with Crippen molar-refractivity contribution in [1.29, 1.82) is 0 Å². The summed E-state index contributed by atoms with van der Waals surface area (Å²) in [6.45, 7) is 1.41. The summed E-state index contributed by atoms with van der Waals surface area (Å²) >= 11 is 1.58. The minimum absolute atomic E-state index is 0.0383. The number of thiazole rings is 1. The highest BCUT2D eigenvalue weighted by atomic mass is 32.1. The number of Topliss-reactive ketones (excluding diaryl/α,β-unsaturated/α-hetero) is 1. The van der Waals surface area contributed by atoms with E-state index >= 15 is 0 Å². The first-order valence-corrected chi connectivity index (χ1v) is 9.29. The highest BCUT2D eigenvalue weighted by Crippen LogP contribution is 2.22. The van der Waals surface area contributed by atoms with Gasteiger partial charge in [-0.3, -0.25) is 9.59 Å². The summed E-state index contributed by atoms with van der Waals surface area (Å²) in [5.41, 5.74) is 0.898. The van der Waals surface area contributed by atoms with Crippen LogP contribution in [0.5, 0.6) is 0 Å². The number of esters is 1. The third-order valence-corrected chi connectivity index (χ3v) is 5.09. The van der Waals surface area contributed by atoms with Gasteiger partial charge in [0, 0.05) is 12.0 Å². The Labute approximate surface area is 158 Å². The molecule has 0 saturated carbocycles. The van der Waals surface area contributed by atoms with Crippen molar-refractivity contribution >= 4 is 33.3 Å². The smallest absolute Gasteiger partial charge is 0.306 e. The molecule has 3 rings (SSSR count). The highest BCUT2D eigenvalue weighted by Gasteiger charge is 2.20. The van der Waals surface area contributed by atoms with E-state index in [4.69, 9.17) is 4.74 Å². The second-order valence-electron chi connectivity index (χ2n) is 6.05. The number of benzene rings is 2. The van der Waals surface area contributed by atoms with Gasteiger partial charge in [-0.25, -0.2) is 13.8 Å². The lowest BCUT2D eigenvalue weighted by Gasteiger charge is -2.12. The van der Waals surface area contributed by atoms with Gasteiger partial charge in [-0.1, -0.05) is 12.1 Å². The number of para-hydroxylation sites is 1. The number of nitrogens with zero attached hydrogens (tertiary/aromatic N) is 1. The van der Waals surface area contributed by atoms with Gasteiger partial charge in [0.25, 0.3) is 0 Å². The molecule has 140 valence electrons. The van der Waals surface area contributed by atoms with E-state index in [1.165, 1.54) is 6.92 Å². The number of hydrogen-bond acceptors (Lipinski definition) is 5. The highest BCUT2D eigenvalue weighted by molar-refractivity contribution is 7.18. The SMILES string of the molecule is C[C@H](OC(=O)CCCc1nc2ccccc2s1)C(=O)c1ccc(F)c(F)c1. The number of carbonyl (C=O) groups excluding carboxylic acids is 2. The quantitative estimate of drug-likeness (QED) is 0.434. The molecule has 7 heteroatoms. The van der Waals surface area contributed by atoms with Crippen molar-refractivity contribution in [3.05, 3.63) is 64.7 Å². The van der Waals surface area contributed by atoms with E-state index in [1.807, 2.05) is 24.3 Å². The number of ether oxygens (including phenoxy) is 1. The zero-order valence-corrected chi connectivity index (χ0v) is 15.4. The van der Waals surface area contributed by atoms with E-state index < -0.39 is 29.5 Å². The lowest BCUT2D eigenvalue weighted by atomic mass is 10.1. The number of aromatic nitrogens is 1. The van der Waals surface area contributed by atoms with E-state index in [0.717, 1.165) is 33.4 Å². The zero-order valence-electron chi connectivity index (χ0n) is 14.6. The number of fused-ring (bicyclic) bond motifs is 1. The van der Waals surface area contributed by atoms with Crippen LogP contribution in [-0.2, 0) is 16.0 Å². The van der Waals surface area contributed by atoms with E-state index in [2.05, 4.69) is 4.98 Å². The second-order valence-corrected chi connectivity index (χ2v) is 7.17. The Balaban J connectivity index is 1.49. The maximum atomic E-state index is 13.2. The van der Waals surface area contributed by atoms with Gasteiger partial charge in [-0.05, 0) is 50.1 Å². The Kier molecular flexibility index (Phi) is 5.91. The molecule has 0 aliphatic heterocycles. The zero-order chi connectivity index (χ0) is 19.4. The van der Waals surface area contributed by atoms with Crippen LogP contribution < -0.4 is 0 Å². The van der Waals surface area contributed by atoms with Crippen LogP contribution in [0.25, 0.3) is 10.2 Å². The van der Waals surface area contributed by atoms with E-state index in [0.29, 0.717) is 12.8 Å². The van der Waals surface area contributed by atoms with Crippen LogP contribution in [0, 0.1) is 11.6 Å². The predicted molar refractivity (Wildman–Crippen MR) is 98.8 cm³/mol. The largest absolute Gasteiger partial charge is 0.454 e. The molecule has 0 unspecified atom stereocenters. The molecule has 0 bridgehead atoms. The van der Waals surface area contributed by atoms with E-state index in [9.17, 15) is 18.4 Å². The number of carbonyl (C=O) groups is 2. The van der Waals surface area contributed by atoms with Crippen molar-refractivity contribution in [3.63, 3.8) is 0 Å². The summed E-state index contributed by atoms with van der Waals surface area (Å²) < 4.78 is 32.4. The number of hydrogen-bond donors (Lipinski definition) is 0. The fraction of sp³-hybridized carbons (Fsp3) is 0.250. The molecule has 1 atom stereocenters. The molecule has 4 nitrogen and oxygen atoms in total. The molecule has 27 heavy (non-hydrogen) atoms. The first kappa shape index (κ1) is 19.1. The van der Waals surface area contributed by atoms with Crippen molar-refractivity contribution in [2.24, 2.45) is 0 Å².